The average molecular weight is 129 g/mol. The van der Waals surface area contributed by atoms with Crippen molar-refractivity contribution >= 4 is 11.8 Å². The van der Waals surface area contributed by atoms with E-state index in [2.05, 4.69) is 6.58 Å². The Bertz CT molecular complexity index is 96.7. The SMILES string of the molecule is C=C(/C=C\C)SCN. The molecule has 0 aromatic rings. The number of hydrogen-bond donors (Lipinski definition) is 1. The van der Waals surface area contributed by atoms with Crippen LogP contribution in [0.4, 0.5) is 0 Å². The highest BCUT2D eigenvalue weighted by Crippen LogP contribution is 2.10. The van der Waals surface area contributed by atoms with Crippen LogP contribution in [0, 0.1) is 0 Å². The van der Waals surface area contributed by atoms with Gasteiger partial charge in [0.1, 0.15) is 0 Å². The highest BCUT2D eigenvalue weighted by Gasteiger charge is 1.81. The summed E-state index contributed by atoms with van der Waals surface area (Å²) in [7, 11) is 0. The number of hydrogen-bond acceptors (Lipinski definition) is 2. The first-order valence-corrected chi connectivity index (χ1v) is 3.44. The molecule has 8 heavy (non-hydrogen) atoms. The lowest BCUT2D eigenvalue weighted by molar-refractivity contribution is 1.40. The molecule has 0 rings (SSSR count). The maximum atomic E-state index is 5.23. The minimum atomic E-state index is 0.614. The molecule has 0 heterocycles. The first-order valence-electron chi connectivity index (χ1n) is 2.45. The Morgan fingerprint density at radius 1 is 1.88 bits per heavy atom. The topological polar surface area (TPSA) is 26.0 Å². The first-order chi connectivity index (χ1) is 3.81. The van der Waals surface area contributed by atoms with E-state index >= 15 is 0 Å². The van der Waals surface area contributed by atoms with Crippen molar-refractivity contribution in [3.05, 3.63) is 23.6 Å². The van der Waals surface area contributed by atoms with E-state index in [0.29, 0.717) is 5.88 Å². The van der Waals surface area contributed by atoms with Gasteiger partial charge in [0.15, 0.2) is 0 Å². The van der Waals surface area contributed by atoms with Crippen molar-refractivity contribution in [2.75, 3.05) is 5.88 Å². The smallest absolute Gasteiger partial charge is 0.0440 e. The summed E-state index contributed by atoms with van der Waals surface area (Å²) in [4.78, 5) is 1.02. The van der Waals surface area contributed by atoms with Gasteiger partial charge in [-0.2, -0.15) is 0 Å². The minimum Gasteiger partial charge on any atom is -0.322 e. The van der Waals surface area contributed by atoms with Gasteiger partial charge in [0.25, 0.3) is 0 Å². The molecule has 0 amide bonds. The summed E-state index contributed by atoms with van der Waals surface area (Å²) in [6.45, 7) is 5.69. The van der Waals surface area contributed by atoms with Gasteiger partial charge in [0, 0.05) is 10.8 Å². The summed E-state index contributed by atoms with van der Waals surface area (Å²) in [6.07, 6.45) is 3.89. The zero-order valence-corrected chi connectivity index (χ0v) is 5.87. The van der Waals surface area contributed by atoms with Crippen LogP contribution in [0.5, 0.6) is 0 Å². The monoisotopic (exact) mass is 129 g/mol. The third-order valence-electron chi connectivity index (χ3n) is 0.621. The molecule has 0 aromatic carbocycles. The van der Waals surface area contributed by atoms with Crippen LogP contribution in [-0.4, -0.2) is 5.88 Å². The maximum absolute atomic E-state index is 5.23. The van der Waals surface area contributed by atoms with E-state index in [9.17, 15) is 0 Å². The zero-order valence-electron chi connectivity index (χ0n) is 5.05. The fourth-order valence-electron chi connectivity index (χ4n) is 0.341. The molecule has 0 radical (unpaired) electrons. The van der Waals surface area contributed by atoms with Gasteiger partial charge in [0.2, 0.25) is 0 Å². The van der Waals surface area contributed by atoms with Gasteiger partial charge >= 0.3 is 0 Å². The van der Waals surface area contributed by atoms with Crippen LogP contribution in [-0.2, 0) is 0 Å². The number of rotatable bonds is 3. The summed E-state index contributed by atoms with van der Waals surface area (Å²) in [5, 5.41) is 0. The molecule has 0 bridgehead atoms. The van der Waals surface area contributed by atoms with Crippen molar-refractivity contribution in [2.24, 2.45) is 5.73 Å². The van der Waals surface area contributed by atoms with Crippen molar-refractivity contribution in [3.63, 3.8) is 0 Å². The van der Waals surface area contributed by atoms with Crippen LogP contribution >= 0.6 is 11.8 Å². The minimum absolute atomic E-state index is 0.614. The molecule has 0 saturated carbocycles. The molecule has 46 valence electrons. The lowest BCUT2D eigenvalue weighted by atomic mass is 10.5. The molecule has 2 heteroatoms. The Morgan fingerprint density at radius 3 is 2.88 bits per heavy atom. The molecule has 0 aliphatic heterocycles. The molecule has 2 N–H and O–H groups in total. The van der Waals surface area contributed by atoms with Crippen molar-refractivity contribution in [2.45, 2.75) is 6.92 Å². The Hall–Kier alpha value is -0.210. The largest absolute Gasteiger partial charge is 0.322 e. The first kappa shape index (κ1) is 7.79. The molecular weight excluding hydrogens is 118 g/mol. The summed E-state index contributed by atoms with van der Waals surface area (Å²) in [5.41, 5.74) is 5.23. The van der Waals surface area contributed by atoms with Crippen LogP contribution in [0.25, 0.3) is 0 Å². The standard InChI is InChI=1S/C6H11NS/c1-3-4-6(2)8-5-7/h3-4H,2,5,7H2,1H3/b4-3-. The third kappa shape index (κ3) is 3.96. The summed E-state index contributed by atoms with van der Waals surface area (Å²) in [6, 6.07) is 0. The van der Waals surface area contributed by atoms with E-state index in [4.69, 9.17) is 5.73 Å². The van der Waals surface area contributed by atoms with Crippen molar-refractivity contribution < 1.29 is 0 Å². The van der Waals surface area contributed by atoms with E-state index in [1.165, 1.54) is 0 Å². The van der Waals surface area contributed by atoms with Crippen molar-refractivity contribution in [3.8, 4) is 0 Å². The van der Waals surface area contributed by atoms with Crippen LogP contribution in [0.2, 0.25) is 0 Å². The Morgan fingerprint density at radius 2 is 2.50 bits per heavy atom. The highest BCUT2D eigenvalue weighted by atomic mass is 32.2. The van der Waals surface area contributed by atoms with Gasteiger partial charge in [-0.05, 0) is 6.92 Å². The molecule has 0 unspecified atom stereocenters. The quantitative estimate of drug-likeness (QED) is 0.464. The Kier molecular flexibility index (Phi) is 4.81. The van der Waals surface area contributed by atoms with Gasteiger partial charge in [0.05, 0.1) is 0 Å². The molecule has 0 atom stereocenters. The fourth-order valence-corrected chi connectivity index (χ4v) is 0.787. The van der Waals surface area contributed by atoms with Crippen LogP contribution in [0.3, 0.4) is 0 Å². The molecule has 0 fully saturated rings. The predicted molar refractivity (Wildman–Crippen MR) is 40.6 cm³/mol. The van der Waals surface area contributed by atoms with Gasteiger partial charge < -0.3 is 5.73 Å². The molecular formula is C6H11NS. The second-order valence-corrected chi connectivity index (χ2v) is 2.42. The normalized spacial score (nSPS) is 10.2. The fraction of sp³-hybridized carbons (Fsp3) is 0.333. The van der Waals surface area contributed by atoms with Crippen LogP contribution in [0.15, 0.2) is 23.6 Å². The lowest BCUT2D eigenvalue weighted by Gasteiger charge is -1.91. The molecule has 0 aromatic heterocycles. The molecule has 0 aliphatic carbocycles. The van der Waals surface area contributed by atoms with E-state index < -0.39 is 0 Å². The van der Waals surface area contributed by atoms with E-state index in [1.54, 1.807) is 11.8 Å². The second-order valence-electron chi connectivity index (χ2n) is 1.28. The van der Waals surface area contributed by atoms with Crippen LogP contribution in [0.1, 0.15) is 6.92 Å². The summed E-state index contributed by atoms with van der Waals surface area (Å²) >= 11 is 1.55. The van der Waals surface area contributed by atoms with E-state index in [1.807, 2.05) is 19.1 Å². The Labute approximate surface area is 54.6 Å². The third-order valence-corrected chi connectivity index (χ3v) is 1.29. The van der Waals surface area contributed by atoms with Gasteiger partial charge in [-0.1, -0.05) is 18.7 Å². The van der Waals surface area contributed by atoms with Gasteiger partial charge in [-0.3, -0.25) is 0 Å². The molecule has 1 nitrogen and oxygen atoms in total. The van der Waals surface area contributed by atoms with Crippen LogP contribution < -0.4 is 5.73 Å². The van der Waals surface area contributed by atoms with E-state index in [-0.39, 0.29) is 0 Å². The number of nitrogens with two attached hydrogens (primary N) is 1. The number of thioether (sulfide) groups is 1. The van der Waals surface area contributed by atoms with Gasteiger partial charge in [-0.15, -0.1) is 11.8 Å². The van der Waals surface area contributed by atoms with Crippen molar-refractivity contribution in [1.29, 1.82) is 0 Å². The molecule has 0 aliphatic rings. The van der Waals surface area contributed by atoms with E-state index in [0.717, 1.165) is 4.91 Å². The lowest BCUT2D eigenvalue weighted by Crippen LogP contribution is -1.90. The highest BCUT2D eigenvalue weighted by molar-refractivity contribution is 8.03. The maximum Gasteiger partial charge on any atom is 0.0440 e. The predicted octanol–water partition coefficient (Wildman–Crippen LogP) is 1.73. The summed E-state index contributed by atoms with van der Waals surface area (Å²) in [5.74, 6) is 0.614. The molecule has 0 spiro atoms. The molecule has 0 saturated heterocycles. The van der Waals surface area contributed by atoms with Crippen molar-refractivity contribution in [1.82, 2.24) is 0 Å². The zero-order chi connectivity index (χ0) is 6.41. The Balaban J connectivity index is 3.33. The second kappa shape index (κ2) is 4.94. The van der Waals surface area contributed by atoms with Gasteiger partial charge in [-0.25, -0.2) is 0 Å². The summed E-state index contributed by atoms with van der Waals surface area (Å²) < 4.78 is 0. The number of allylic oxidation sites excluding steroid dienone is 2. The average Bonchev–Trinajstić information content (AvgIpc) is 1.68.